The summed E-state index contributed by atoms with van der Waals surface area (Å²) in [6.07, 6.45) is 1.82. The summed E-state index contributed by atoms with van der Waals surface area (Å²) in [5, 5.41) is 0. The molecule has 1 aliphatic heterocycles. The Morgan fingerprint density at radius 3 is 2.58 bits per heavy atom. The molecule has 0 unspecified atom stereocenters. The summed E-state index contributed by atoms with van der Waals surface area (Å²) in [6, 6.07) is 11.8. The van der Waals surface area contributed by atoms with Crippen molar-refractivity contribution in [3.05, 3.63) is 60.3 Å². The summed E-state index contributed by atoms with van der Waals surface area (Å²) < 4.78 is 20.3. The molecular weight excluding hydrogens is 309 g/mol. The van der Waals surface area contributed by atoms with Gasteiger partial charge in [0, 0.05) is 24.8 Å². The number of benzene rings is 1. The number of amides is 1. The highest BCUT2D eigenvalue weighted by Gasteiger charge is 2.24. The number of rotatable bonds is 2. The predicted molar refractivity (Wildman–Crippen MR) is 87.3 cm³/mol. The quantitative estimate of drug-likeness (QED) is 0.728. The minimum atomic E-state index is -0.299. The molecule has 6 heteroatoms. The molecule has 3 heterocycles. The largest absolute Gasteiger partial charge is 0.378 e. The number of hydrogen-bond donors (Lipinski definition) is 0. The third kappa shape index (κ3) is 2.55. The van der Waals surface area contributed by atoms with E-state index < -0.39 is 0 Å². The highest BCUT2D eigenvalue weighted by molar-refractivity contribution is 5.94. The van der Waals surface area contributed by atoms with Crippen LogP contribution in [-0.4, -0.2) is 46.5 Å². The van der Waals surface area contributed by atoms with Gasteiger partial charge in [-0.05, 0) is 36.4 Å². The molecule has 3 aromatic rings. The maximum atomic E-state index is 13.2. The Morgan fingerprint density at radius 2 is 1.83 bits per heavy atom. The van der Waals surface area contributed by atoms with E-state index in [9.17, 15) is 9.18 Å². The molecular formula is C18H16FN3O2. The summed E-state index contributed by atoms with van der Waals surface area (Å²) in [7, 11) is 0. The molecule has 1 amide bonds. The minimum absolute atomic E-state index is 0.118. The van der Waals surface area contributed by atoms with E-state index >= 15 is 0 Å². The highest BCUT2D eigenvalue weighted by atomic mass is 19.1. The topological polar surface area (TPSA) is 46.8 Å². The van der Waals surface area contributed by atoms with Gasteiger partial charge in [0.25, 0.3) is 5.91 Å². The fraction of sp³-hybridized carbons (Fsp3) is 0.222. The maximum absolute atomic E-state index is 13.2. The van der Waals surface area contributed by atoms with E-state index in [-0.39, 0.29) is 11.7 Å². The lowest BCUT2D eigenvalue weighted by molar-refractivity contribution is 0.0294. The van der Waals surface area contributed by atoms with Gasteiger partial charge in [-0.25, -0.2) is 9.37 Å². The highest BCUT2D eigenvalue weighted by Crippen LogP contribution is 2.25. The van der Waals surface area contributed by atoms with Crippen LogP contribution in [-0.2, 0) is 4.74 Å². The van der Waals surface area contributed by atoms with E-state index in [1.807, 2.05) is 24.4 Å². The van der Waals surface area contributed by atoms with Gasteiger partial charge in [0.1, 0.15) is 5.82 Å². The van der Waals surface area contributed by atoms with Crippen molar-refractivity contribution in [3.8, 4) is 11.3 Å². The molecule has 0 saturated carbocycles. The van der Waals surface area contributed by atoms with E-state index in [1.165, 1.54) is 12.1 Å². The number of carbonyl (C=O) groups excluding carboxylic acids is 1. The van der Waals surface area contributed by atoms with Crippen molar-refractivity contribution in [2.45, 2.75) is 0 Å². The van der Waals surface area contributed by atoms with Gasteiger partial charge in [0.2, 0.25) is 5.82 Å². The van der Waals surface area contributed by atoms with E-state index in [0.29, 0.717) is 37.8 Å². The SMILES string of the molecule is O=C(c1nc(-c2ccc(F)cc2)c2ccccn12)N1CCOCC1. The zero-order valence-corrected chi connectivity index (χ0v) is 13.0. The zero-order chi connectivity index (χ0) is 16.5. The molecule has 0 spiro atoms. The van der Waals surface area contributed by atoms with E-state index in [1.54, 1.807) is 21.4 Å². The number of aromatic nitrogens is 2. The Kier molecular flexibility index (Phi) is 3.74. The van der Waals surface area contributed by atoms with Crippen LogP contribution in [0.5, 0.6) is 0 Å². The summed E-state index contributed by atoms with van der Waals surface area (Å²) in [4.78, 5) is 19.2. The third-order valence-electron chi connectivity index (χ3n) is 4.16. The first-order chi connectivity index (χ1) is 11.7. The standard InChI is InChI=1S/C18H16FN3O2/c19-14-6-4-13(5-7-14)16-15-3-1-2-8-22(15)17(20-16)18(23)21-9-11-24-12-10-21/h1-8H,9-12H2. The number of halogens is 1. The molecule has 0 radical (unpaired) electrons. The lowest BCUT2D eigenvalue weighted by Crippen LogP contribution is -2.41. The van der Waals surface area contributed by atoms with Crippen molar-refractivity contribution in [1.29, 1.82) is 0 Å². The van der Waals surface area contributed by atoms with Crippen molar-refractivity contribution < 1.29 is 13.9 Å². The number of fused-ring (bicyclic) bond motifs is 1. The molecule has 4 rings (SSSR count). The van der Waals surface area contributed by atoms with Crippen molar-refractivity contribution in [3.63, 3.8) is 0 Å². The summed E-state index contributed by atoms with van der Waals surface area (Å²) in [5.41, 5.74) is 2.27. The van der Waals surface area contributed by atoms with E-state index in [2.05, 4.69) is 4.98 Å². The average Bonchev–Trinajstić information content (AvgIpc) is 3.02. The monoisotopic (exact) mass is 325 g/mol. The molecule has 1 fully saturated rings. The number of nitrogens with zero attached hydrogens (tertiary/aromatic N) is 3. The first-order valence-corrected chi connectivity index (χ1v) is 7.84. The van der Waals surface area contributed by atoms with Crippen LogP contribution in [0.1, 0.15) is 10.6 Å². The van der Waals surface area contributed by atoms with Gasteiger partial charge in [-0.2, -0.15) is 0 Å². The van der Waals surface area contributed by atoms with Crippen molar-refractivity contribution in [1.82, 2.24) is 14.3 Å². The Balaban J connectivity index is 1.82. The van der Waals surface area contributed by atoms with Crippen LogP contribution in [0.4, 0.5) is 4.39 Å². The second kappa shape index (κ2) is 6.05. The number of carbonyl (C=O) groups is 1. The molecule has 1 aromatic carbocycles. The van der Waals surface area contributed by atoms with Crippen LogP contribution >= 0.6 is 0 Å². The molecule has 1 aliphatic rings. The average molecular weight is 325 g/mol. The van der Waals surface area contributed by atoms with Gasteiger partial charge >= 0.3 is 0 Å². The number of pyridine rings is 1. The summed E-state index contributed by atoms with van der Waals surface area (Å²) in [5.74, 6) is -0.0495. The summed E-state index contributed by atoms with van der Waals surface area (Å²) in [6.45, 7) is 2.21. The third-order valence-corrected chi connectivity index (χ3v) is 4.16. The van der Waals surface area contributed by atoms with E-state index in [0.717, 1.165) is 11.1 Å². The van der Waals surface area contributed by atoms with Gasteiger partial charge in [-0.1, -0.05) is 6.07 Å². The zero-order valence-electron chi connectivity index (χ0n) is 13.0. The number of imidazole rings is 1. The molecule has 5 nitrogen and oxygen atoms in total. The first-order valence-electron chi connectivity index (χ1n) is 7.84. The number of morpholine rings is 1. The smallest absolute Gasteiger partial charge is 0.290 e. The van der Waals surface area contributed by atoms with Gasteiger partial charge < -0.3 is 9.64 Å². The van der Waals surface area contributed by atoms with Crippen LogP contribution in [0.15, 0.2) is 48.7 Å². The molecule has 0 N–H and O–H groups in total. The van der Waals surface area contributed by atoms with Crippen LogP contribution in [0.2, 0.25) is 0 Å². The molecule has 24 heavy (non-hydrogen) atoms. The molecule has 2 aromatic heterocycles. The minimum Gasteiger partial charge on any atom is -0.378 e. The first kappa shape index (κ1) is 14.8. The van der Waals surface area contributed by atoms with Gasteiger partial charge in [-0.15, -0.1) is 0 Å². The van der Waals surface area contributed by atoms with Crippen LogP contribution in [0.3, 0.4) is 0 Å². The van der Waals surface area contributed by atoms with Crippen molar-refractivity contribution in [2.75, 3.05) is 26.3 Å². The molecule has 0 aliphatic carbocycles. The Labute approximate surface area is 138 Å². The molecule has 0 bridgehead atoms. The lowest BCUT2D eigenvalue weighted by Gasteiger charge is -2.26. The van der Waals surface area contributed by atoms with Crippen LogP contribution in [0, 0.1) is 5.82 Å². The second-order valence-electron chi connectivity index (χ2n) is 5.65. The number of ether oxygens (including phenoxy) is 1. The van der Waals surface area contributed by atoms with E-state index in [4.69, 9.17) is 4.74 Å². The van der Waals surface area contributed by atoms with Crippen LogP contribution < -0.4 is 0 Å². The molecule has 1 saturated heterocycles. The molecule has 0 atom stereocenters. The Bertz CT molecular complexity index is 883. The summed E-state index contributed by atoms with van der Waals surface area (Å²) >= 11 is 0. The maximum Gasteiger partial charge on any atom is 0.290 e. The second-order valence-corrected chi connectivity index (χ2v) is 5.65. The Hall–Kier alpha value is -2.73. The van der Waals surface area contributed by atoms with Gasteiger partial charge in [0.05, 0.1) is 24.4 Å². The fourth-order valence-corrected chi connectivity index (χ4v) is 2.92. The van der Waals surface area contributed by atoms with Gasteiger partial charge in [0.15, 0.2) is 0 Å². The van der Waals surface area contributed by atoms with Crippen molar-refractivity contribution >= 4 is 11.4 Å². The predicted octanol–water partition coefficient (Wildman–Crippen LogP) is 2.61. The van der Waals surface area contributed by atoms with Gasteiger partial charge in [-0.3, -0.25) is 9.20 Å². The number of hydrogen-bond acceptors (Lipinski definition) is 3. The van der Waals surface area contributed by atoms with Crippen molar-refractivity contribution in [2.24, 2.45) is 0 Å². The Morgan fingerprint density at radius 1 is 1.08 bits per heavy atom. The molecule has 122 valence electrons. The normalized spacial score (nSPS) is 15.0. The fourth-order valence-electron chi connectivity index (χ4n) is 2.92. The van der Waals surface area contributed by atoms with Crippen LogP contribution in [0.25, 0.3) is 16.8 Å². The lowest BCUT2D eigenvalue weighted by atomic mass is 10.1.